The molecule has 33 heavy (non-hydrogen) atoms. The predicted molar refractivity (Wildman–Crippen MR) is 117 cm³/mol. The van der Waals surface area contributed by atoms with E-state index in [-0.39, 0.29) is 31.3 Å². The number of fused-ring (bicyclic) bond motifs is 1. The summed E-state index contributed by atoms with van der Waals surface area (Å²) in [5, 5.41) is 0. The van der Waals surface area contributed by atoms with Crippen molar-refractivity contribution in [2.45, 2.75) is 32.0 Å². The van der Waals surface area contributed by atoms with E-state index in [1.54, 1.807) is 26.4 Å². The molecular formula is C25H26O8. The number of cyclic esters (lactones) is 1. The summed E-state index contributed by atoms with van der Waals surface area (Å²) in [4.78, 5) is 24.7. The largest absolute Gasteiger partial charge is 0.493 e. The van der Waals surface area contributed by atoms with Gasteiger partial charge < -0.3 is 28.4 Å². The third-order valence-corrected chi connectivity index (χ3v) is 6.44. The molecule has 2 fully saturated rings. The molecule has 0 bridgehead atoms. The van der Waals surface area contributed by atoms with Crippen LogP contribution in [0, 0.1) is 5.41 Å². The lowest BCUT2D eigenvalue weighted by Crippen LogP contribution is -2.30. The van der Waals surface area contributed by atoms with Gasteiger partial charge in [-0.05, 0) is 42.7 Å². The van der Waals surface area contributed by atoms with Gasteiger partial charge in [-0.15, -0.1) is 0 Å². The van der Waals surface area contributed by atoms with Crippen LogP contribution in [0.15, 0.2) is 30.3 Å². The van der Waals surface area contributed by atoms with Crippen molar-refractivity contribution < 1.29 is 38.0 Å². The van der Waals surface area contributed by atoms with E-state index in [1.807, 2.05) is 18.2 Å². The molecule has 2 aromatic carbocycles. The molecule has 1 atom stereocenters. The first kappa shape index (κ1) is 21.6. The van der Waals surface area contributed by atoms with Gasteiger partial charge >= 0.3 is 11.9 Å². The first-order valence-corrected chi connectivity index (χ1v) is 11.0. The molecule has 5 rings (SSSR count). The Labute approximate surface area is 191 Å². The molecule has 3 aliphatic rings. The number of hydrogen-bond donors (Lipinski definition) is 0. The molecule has 0 unspecified atom stereocenters. The second kappa shape index (κ2) is 8.59. The third kappa shape index (κ3) is 3.99. The molecule has 1 saturated heterocycles. The standard InChI is InChI=1S/C25H26O8/c1-28-20-6-5-18(15-3-4-19-16(11-15)12-31-23(19)26)21(22(20)29-2)32-14-25(8-9-25)24(27)33-17-7-10-30-13-17/h3-6,11,17H,7-10,12-14H2,1-2H3/t17-/m0/s1. The summed E-state index contributed by atoms with van der Waals surface area (Å²) in [5.41, 5.74) is 2.34. The van der Waals surface area contributed by atoms with Crippen molar-refractivity contribution in [3.63, 3.8) is 0 Å². The SMILES string of the molecule is COc1ccc(-c2ccc3c(c2)COC3=O)c(OCC2(C(=O)O[C@H]3CCOC3)CC2)c1OC. The van der Waals surface area contributed by atoms with Gasteiger partial charge in [0.2, 0.25) is 5.75 Å². The predicted octanol–water partition coefficient (Wildman–Crippen LogP) is 3.53. The maximum Gasteiger partial charge on any atom is 0.338 e. The number of benzene rings is 2. The molecule has 2 aromatic rings. The summed E-state index contributed by atoms with van der Waals surface area (Å²) in [6, 6.07) is 9.20. The van der Waals surface area contributed by atoms with Crippen molar-refractivity contribution in [3.05, 3.63) is 41.5 Å². The van der Waals surface area contributed by atoms with Gasteiger partial charge in [-0.25, -0.2) is 4.79 Å². The molecule has 1 aliphatic carbocycles. The second-order valence-corrected chi connectivity index (χ2v) is 8.59. The summed E-state index contributed by atoms with van der Waals surface area (Å²) in [5.74, 6) is 0.879. The van der Waals surface area contributed by atoms with E-state index in [1.165, 1.54) is 0 Å². The maximum absolute atomic E-state index is 12.8. The highest BCUT2D eigenvalue weighted by Crippen LogP contribution is 2.50. The van der Waals surface area contributed by atoms with Crippen LogP contribution >= 0.6 is 0 Å². The van der Waals surface area contributed by atoms with Crippen molar-refractivity contribution in [2.75, 3.05) is 34.0 Å². The van der Waals surface area contributed by atoms with E-state index in [9.17, 15) is 9.59 Å². The minimum Gasteiger partial charge on any atom is -0.493 e. The number of rotatable bonds is 8. The fourth-order valence-corrected chi connectivity index (χ4v) is 4.22. The van der Waals surface area contributed by atoms with E-state index >= 15 is 0 Å². The fraction of sp³-hybridized carbons (Fsp3) is 0.440. The Kier molecular flexibility index (Phi) is 5.62. The van der Waals surface area contributed by atoms with Gasteiger partial charge in [-0.2, -0.15) is 0 Å². The molecule has 0 amide bonds. The number of esters is 2. The minimum atomic E-state index is -0.661. The smallest absolute Gasteiger partial charge is 0.338 e. The fourth-order valence-electron chi connectivity index (χ4n) is 4.22. The van der Waals surface area contributed by atoms with E-state index in [0.717, 1.165) is 23.1 Å². The van der Waals surface area contributed by atoms with Crippen LogP contribution in [0.2, 0.25) is 0 Å². The zero-order valence-electron chi connectivity index (χ0n) is 18.7. The zero-order valence-corrected chi connectivity index (χ0v) is 18.7. The van der Waals surface area contributed by atoms with Gasteiger partial charge in [0.15, 0.2) is 11.5 Å². The lowest BCUT2D eigenvalue weighted by molar-refractivity contribution is -0.157. The van der Waals surface area contributed by atoms with E-state index in [0.29, 0.717) is 48.9 Å². The molecule has 0 aromatic heterocycles. The molecule has 0 N–H and O–H groups in total. The van der Waals surface area contributed by atoms with Gasteiger partial charge in [0, 0.05) is 17.5 Å². The third-order valence-electron chi connectivity index (χ3n) is 6.44. The normalized spacial score (nSPS) is 20.1. The van der Waals surface area contributed by atoms with Crippen LogP contribution < -0.4 is 14.2 Å². The van der Waals surface area contributed by atoms with Crippen molar-refractivity contribution in [1.29, 1.82) is 0 Å². The quantitative estimate of drug-likeness (QED) is 0.560. The Morgan fingerprint density at radius 1 is 1.09 bits per heavy atom. The number of carbonyl (C=O) groups excluding carboxylic acids is 2. The number of carbonyl (C=O) groups is 2. The number of methoxy groups -OCH3 is 2. The van der Waals surface area contributed by atoms with Crippen LogP contribution in [-0.2, 0) is 25.6 Å². The van der Waals surface area contributed by atoms with Gasteiger partial charge in [-0.3, -0.25) is 4.79 Å². The second-order valence-electron chi connectivity index (χ2n) is 8.59. The highest BCUT2D eigenvalue weighted by molar-refractivity contribution is 5.94. The van der Waals surface area contributed by atoms with Crippen LogP contribution in [0.4, 0.5) is 0 Å². The molecule has 8 nitrogen and oxygen atoms in total. The van der Waals surface area contributed by atoms with Gasteiger partial charge in [0.05, 0.1) is 33.0 Å². The summed E-state index contributed by atoms with van der Waals surface area (Å²) in [7, 11) is 3.11. The first-order valence-electron chi connectivity index (χ1n) is 11.0. The van der Waals surface area contributed by atoms with Gasteiger partial charge in [0.25, 0.3) is 0 Å². The van der Waals surface area contributed by atoms with Crippen LogP contribution in [0.5, 0.6) is 17.2 Å². The zero-order chi connectivity index (χ0) is 23.0. The van der Waals surface area contributed by atoms with Crippen molar-refractivity contribution in [3.8, 4) is 28.4 Å². The molecule has 0 radical (unpaired) electrons. The molecule has 2 heterocycles. The average molecular weight is 454 g/mol. The highest BCUT2D eigenvalue weighted by atomic mass is 16.6. The molecule has 0 spiro atoms. The summed E-state index contributed by atoms with van der Waals surface area (Å²) < 4.78 is 33.5. The highest BCUT2D eigenvalue weighted by Gasteiger charge is 2.53. The minimum absolute atomic E-state index is 0.169. The van der Waals surface area contributed by atoms with E-state index in [4.69, 9.17) is 28.4 Å². The molecule has 1 saturated carbocycles. The van der Waals surface area contributed by atoms with Gasteiger partial charge in [-0.1, -0.05) is 6.07 Å². The van der Waals surface area contributed by atoms with Crippen molar-refractivity contribution >= 4 is 11.9 Å². The van der Waals surface area contributed by atoms with E-state index < -0.39 is 5.41 Å². The Morgan fingerprint density at radius 2 is 1.91 bits per heavy atom. The monoisotopic (exact) mass is 454 g/mol. The topological polar surface area (TPSA) is 89.5 Å². The number of ether oxygens (including phenoxy) is 6. The summed E-state index contributed by atoms with van der Waals surface area (Å²) in [6.07, 6.45) is 1.95. The lowest BCUT2D eigenvalue weighted by atomic mass is 9.99. The first-order chi connectivity index (χ1) is 16.0. The van der Waals surface area contributed by atoms with E-state index in [2.05, 4.69) is 0 Å². The van der Waals surface area contributed by atoms with Crippen LogP contribution in [0.25, 0.3) is 11.1 Å². The Bertz CT molecular complexity index is 1080. The van der Waals surface area contributed by atoms with Crippen molar-refractivity contribution in [2.24, 2.45) is 5.41 Å². The lowest BCUT2D eigenvalue weighted by Gasteiger charge is -2.21. The average Bonchev–Trinajstić information content (AvgIpc) is 3.29. The molecule has 8 heteroatoms. The van der Waals surface area contributed by atoms with Crippen LogP contribution in [0.1, 0.15) is 35.2 Å². The summed E-state index contributed by atoms with van der Waals surface area (Å²) >= 11 is 0. The van der Waals surface area contributed by atoms with Gasteiger partial charge in [0.1, 0.15) is 24.7 Å². The summed E-state index contributed by atoms with van der Waals surface area (Å²) in [6.45, 7) is 1.47. The van der Waals surface area contributed by atoms with Crippen LogP contribution in [-0.4, -0.2) is 52.1 Å². The Balaban J connectivity index is 1.43. The molecular weight excluding hydrogens is 428 g/mol. The maximum atomic E-state index is 12.8. The van der Waals surface area contributed by atoms with Crippen molar-refractivity contribution in [1.82, 2.24) is 0 Å². The Hall–Kier alpha value is -3.26. The molecule has 2 aliphatic heterocycles. The Morgan fingerprint density at radius 3 is 2.61 bits per heavy atom. The number of hydrogen-bond acceptors (Lipinski definition) is 8. The van der Waals surface area contributed by atoms with Crippen LogP contribution in [0.3, 0.4) is 0 Å². The molecule has 174 valence electrons.